The number of ether oxygens (including phenoxy) is 1. The Hall–Kier alpha value is -2.30. The van der Waals surface area contributed by atoms with Crippen molar-refractivity contribution in [3.8, 4) is 5.75 Å². The van der Waals surface area contributed by atoms with Crippen molar-refractivity contribution in [1.82, 2.24) is 0 Å². The summed E-state index contributed by atoms with van der Waals surface area (Å²) in [5.41, 5.74) is 1.07. The van der Waals surface area contributed by atoms with Crippen LogP contribution in [0.5, 0.6) is 5.75 Å². The number of benzene rings is 2. The molecule has 2 nitrogen and oxygen atoms in total. The lowest BCUT2D eigenvalue weighted by Crippen LogP contribution is -2.12. The smallest absolute Gasteiger partial charge is 0.346 e. The average Bonchev–Trinajstić information content (AvgIpc) is 2.34. The van der Waals surface area contributed by atoms with E-state index in [-0.39, 0.29) is 5.75 Å². The maximum Gasteiger partial charge on any atom is 0.346 e. The summed E-state index contributed by atoms with van der Waals surface area (Å²) in [5.74, 6) is -5.47. The Morgan fingerprint density at radius 3 is 2.15 bits per heavy atom. The van der Waals surface area contributed by atoms with Crippen LogP contribution in [0.2, 0.25) is 0 Å². The van der Waals surface area contributed by atoms with Crippen LogP contribution in [0.1, 0.15) is 21.5 Å². The SMILES string of the molecule is Cc1cc(C)cc(OC(=O)c2ccc(F)c(F)c2F)c1. The number of rotatable bonds is 2. The van der Waals surface area contributed by atoms with Gasteiger partial charge in [0.1, 0.15) is 5.75 Å². The largest absolute Gasteiger partial charge is 0.423 e. The minimum absolute atomic E-state index is 0.219. The molecule has 0 aliphatic heterocycles. The number of carbonyl (C=O) groups is 1. The summed E-state index contributed by atoms with van der Waals surface area (Å²) in [6.07, 6.45) is 0. The number of aryl methyl sites for hydroxylation is 2. The van der Waals surface area contributed by atoms with Crippen LogP contribution in [-0.2, 0) is 0 Å². The highest BCUT2D eigenvalue weighted by atomic mass is 19.2. The van der Waals surface area contributed by atoms with Crippen LogP contribution in [0.15, 0.2) is 30.3 Å². The molecule has 0 saturated heterocycles. The fourth-order valence-corrected chi connectivity index (χ4v) is 1.84. The maximum absolute atomic E-state index is 13.5. The molecule has 5 heteroatoms. The molecule has 0 heterocycles. The normalized spacial score (nSPS) is 10.4. The number of esters is 1. The Bertz CT molecular complexity index is 661. The van der Waals surface area contributed by atoms with Gasteiger partial charge in [0.15, 0.2) is 17.5 Å². The van der Waals surface area contributed by atoms with Gasteiger partial charge in [-0.25, -0.2) is 18.0 Å². The third-order valence-electron chi connectivity index (χ3n) is 2.66. The Labute approximate surface area is 113 Å². The summed E-state index contributed by atoms with van der Waals surface area (Å²) in [4.78, 5) is 11.8. The van der Waals surface area contributed by atoms with Gasteiger partial charge in [0, 0.05) is 0 Å². The highest BCUT2D eigenvalue weighted by Crippen LogP contribution is 2.20. The van der Waals surface area contributed by atoms with Crippen LogP contribution in [0, 0.1) is 31.3 Å². The molecule has 0 spiro atoms. The molecule has 0 bridgehead atoms. The molecule has 2 rings (SSSR count). The van der Waals surface area contributed by atoms with Gasteiger partial charge in [0.25, 0.3) is 0 Å². The van der Waals surface area contributed by atoms with Crippen molar-refractivity contribution in [2.45, 2.75) is 13.8 Å². The van der Waals surface area contributed by atoms with E-state index in [1.54, 1.807) is 12.1 Å². The summed E-state index contributed by atoms with van der Waals surface area (Å²) >= 11 is 0. The lowest BCUT2D eigenvalue weighted by atomic mass is 10.1. The van der Waals surface area contributed by atoms with E-state index < -0.39 is 29.0 Å². The second kappa shape index (κ2) is 5.36. The molecule has 0 N–H and O–H groups in total. The lowest BCUT2D eigenvalue weighted by molar-refractivity contribution is 0.0728. The van der Waals surface area contributed by atoms with Crippen LogP contribution < -0.4 is 4.74 Å². The zero-order chi connectivity index (χ0) is 14.9. The Morgan fingerprint density at radius 2 is 1.55 bits per heavy atom. The topological polar surface area (TPSA) is 26.3 Å². The van der Waals surface area contributed by atoms with E-state index in [0.717, 1.165) is 17.2 Å². The highest BCUT2D eigenvalue weighted by molar-refractivity contribution is 5.91. The molecule has 0 fully saturated rings. The van der Waals surface area contributed by atoms with Gasteiger partial charge >= 0.3 is 5.97 Å². The molecule has 0 radical (unpaired) electrons. The molecule has 2 aromatic rings. The quantitative estimate of drug-likeness (QED) is 0.473. The van der Waals surface area contributed by atoms with Gasteiger partial charge in [0.05, 0.1) is 5.56 Å². The molecular formula is C15H11F3O2. The molecule has 2 aromatic carbocycles. The van der Waals surface area contributed by atoms with E-state index in [9.17, 15) is 18.0 Å². The van der Waals surface area contributed by atoms with Crippen LogP contribution in [-0.4, -0.2) is 5.97 Å². The second-order valence-corrected chi connectivity index (χ2v) is 4.44. The van der Waals surface area contributed by atoms with Crippen molar-refractivity contribution >= 4 is 5.97 Å². The predicted octanol–water partition coefficient (Wildman–Crippen LogP) is 3.94. The molecule has 0 saturated carbocycles. The summed E-state index contributed by atoms with van der Waals surface area (Å²) in [7, 11) is 0. The average molecular weight is 280 g/mol. The predicted molar refractivity (Wildman–Crippen MR) is 67.2 cm³/mol. The molecule has 20 heavy (non-hydrogen) atoms. The first-order valence-electron chi connectivity index (χ1n) is 5.82. The molecule has 0 amide bonds. The monoisotopic (exact) mass is 280 g/mol. The summed E-state index contributed by atoms with van der Waals surface area (Å²) in [6.45, 7) is 3.62. The van der Waals surface area contributed by atoms with Gasteiger partial charge in [-0.1, -0.05) is 6.07 Å². The fraction of sp³-hybridized carbons (Fsp3) is 0.133. The minimum Gasteiger partial charge on any atom is -0.423 e. The van der Waals surface area contributed by atoms with E-state index in [4.69, 9.17) is 4.74 Å². The van der Waals surface area contributed by atoms with E-state index in [1.165, 1.54) is 0 Å². The van der Waals surface area contributed by atoms with Crippen LogP contribution >= 0.6 is 0 Å². The summed E-state index contributed by atoms with van der Waals surface area (Å²) < 4.78 is 44.3. The number of hydrogen-bond donors (Lipinski definition) is 0. The van der Waals surface area contributed by atoms with E-state index in [1.807, 2.05) is 19.9 Å². The maximum atomic E-state index is 13.5. The van der Waals surface area contributed by atoms with Crippen molar-refractivity contribution < 1.29 is 22.7 Å². The second-order valence-electron chi connectivity index (χ2n) is 4.44. The summed E-state index contributed by atoms with van der Waals surface area (Å²) in [5, 5.41) is 0. The van der Waals surface area contributed by atoms with Crippen molar-refractivity contribution in [3.05, 3.63) is 64.5 Å². The van der Waals surface area contributed by atoms with E-state index in [0.29, 0.717) is 6.07 Å². The van der Waals surface area contributed by atoms with Gasteiger partial charge < -0.3 is 4.74 Å². The zero-order valence-electron chi connectivity index (χ0n) is 10.8. The number of halogens is 3. The summed E-state index contributed by atoms with van der Waals surface area (Å²) in [6, 6.07) is 6.57. The van der Waals surface area contributed by atoms with E-state index in [2.05, 4.69) is 0 Å². The first-order chi connectivity index (χ1) is 9.38. The Balaban J connectivity index is 2.31. The number of hydrogen-bond acceptors (Lipinski definition) is 2. The fourth-order valence-electron chi connectivity index (χ4n) is 1.84. The van der Waals surface area contributed by atoms with Crippen molar-refractivity contribution in [2.75, 3.05) is 0 Å². The minimum atomic E-state index is -1.69. The van der Waals surface area contributed by atoms with Crippen LogP contribution in [0.4, 0.5) is 13.2 Å². The van der Waals surface area contributed by atoms with Gasteiger partial charge in [0.2, 0.25) is 0 Å². The third kappa shape index (κ3) is 2.82. The molecule has 0 aliphatic rings. The third-order valence-corrected chi connectivity index (χ3v) is 2.66. The lowest BCUT2D eigenvalue weighted by Gasteiger charge is -2.07. The van der Waals surface area contributed by atoms with Gasteiger partial charge in [-0.15, -0.1) is 0 Å². The van der Waals surface area contributed by atoms with Crippen LogP contribution in [0.25, 0.3) is 0 Å². The molecule has 104 valence electrons. The van der Waals surface area contributed by atoms with Gasteiger partial charge in [-0.05, 0) is 49.2 Å². The Kier molecular flexibility index (Phi) is 3.79. The van der Waals surface area contributed by atoms with Gasteiger partial charge in [-0.2, -0.15) is 0 Å². The first kappa shape index (κ1) is 14.1. The van der Waals surface area contributed by atoms with Gasteiger partial charge in [-0.3, -0.25) is 0 Å². The molecular weight excluding hydrogens is 269 g/mol. The number of carbonyl (C=O) groups excluding carboxylic acids is 1. The highest BCUT2D eigenvalue weighted by Gasteiger charge is 2.20. The molecule has 0 aliphatic carbocycles. The Morgan fingerprint density at radius 1 is 0.950 bits per heavy atom. The van der Waals surface area contributed by atoms with Crippen LogP contribution in [0.3, 0.4) is 0 Å². The van der Waals surface area contributed by atoms with Crippen molar-refractivity contribution in [1.29, 1.82) is 0 Å². The van der Waals surface area contributed by atoms with Crippen molar-refractivity contribution in [2.24, 2.45) is 0 Å². The molecule has 0 unspecified atom stereocenters. The zero-order valence-corrected chi connectivity index (χ0v) is 10.8. The van der Waals surface area contributed by atoms with Crippen molar-refractivity contribution in [3.63, 3.8) is 0 Å². The molecule has 0 atom stereocenters. The first-order valence-corrected chi connectivity index (χ1v) is 5.82. The van der Waals surface area contributed by atoms with E-state index >= 15 is 0 Å². The molecule has 0 aromatic heterocycles. The standard InChI is InChI=1S/C15H11F3O2/c1-8-5-9(2)7-10(6-8)20-15(19)11-3-4-12(16)14(18)13(11)17/h3-7H,1-2H3.